The van der Waals surface area contributed by atoms with Gasteiger partial charge >= 0.3 is 0 Å². The summed E-state index contributed by atoms with van der Waals surface area (Å²) in [5.41, 5.74) is 2.70. The number of carbonyl (C=O) groups is 1. The van der Waals surface area contributed by atoms with Crippen molar-refractivity contribution < 1.29 is 9.90 Å². The van der Waals surface area contributed by atoms with Gasteiger partial charge in [0.1, 0.15) is 0 Å². The molecule has 132 valence electrons. The normalized spacial score (nSPS) is 13.5. The highest BCUT2D eigenvalue weighted by atomic mass is 16.3. The van der Waals surface area contributed by atoms with Crippen LogP contribution in [0.2, 0.25) is 0 Å². The van der Waals surface area contributed by atoms with E-state index in [9.17, 15) is 9.90 Å². The molecule has 1 unspecified atom stereocenters. The van der Waals surface area contributed by atoms with Gasteiger partial charge in [0.25, 0.3) is 5.91 Å². The maximum absolute atomic E-state index is 12.7. The van der Waals surface area contributed by atoms with E-state index in [1.165, 1.54) is 0 Å². The number of amides is 1. The van der Waals surface area contributed by atoms with E-state index in [0.29, 0.717) is 5.56 Å². The van der Waals surface area contributed by atoms with Gasteiger partial charge in [-0.3, -0.25) is 4.79 Å². The molecule has 0 radical (unpaired) electrons. The number of aliphatic hydroxyl groups is 1. The Bertz CT molecular complexity index is 756. The van der Waals surface area contributed by atoms with Crippen LogP contribution in [0.1, 0.15) is 69.2 Å². The fraction of sp³-hybridized carbons (Fsp3) is 0.611. The summed E-state index contributed by atoms with van der Waals surface area (Å²) < 4.78 is 1.88. The number of rotatable bonds is 4. The zero-order valence-electron chi connectivity index (χ0n) is 15.6. The first kappa shape index (κ1) is 18.4. The first-order valence-electron chi connectivity index (χ1n) is 8.38. The predicted octanol–water partition coefficient (Wildman–Crippen LogP) is 2.73. The van der Waals surface area contributed by atoms with Crippen LogP contribution in [0.25, 0.3) is 11.0 Å². The molecule has 0 aromatic carbocycles. The predicted molar refractivity (Wildman–Crippen MR) is 95.4 cm³/mol. The zero-order chi connectivity index (χ0) is 18.2. The minimum Gasteiger partial charge on any atom is -0.394 e. The summed E-state index contributed by atoms with van der Waals surface area (Å²) in [5.74, 6) is -0.0118. The summed E-state index contributed by atoms with van der Waals surface area (Å²) in [6.07, 6.45) is 0. The lowest BCUT2D eigenvalue weighted by molar-refractivity contribution is 0.0923. The maximum atomic E-state index is 12.7. The van der Waals surface area contributed by atoms with Gasteiger partial charge in [0.15, 0.2) is 5.65 Å². The number of pyridine rings is 1. The Hall–Kier alpha value is -1.95. The monoisotopic (exact) mass is 332 g/mol. The fourth-order valence-corrected chi connectivity index (χ4v) is 2.60. The van der Waals surface area contributed by atoms with Gasteiger partial charge in [0, 0.05) is 11.7 Å². The third kappa shape index (κ3) is 3.43. The molecule has 1 amide bonds. The second kappa shape index (κ2) is 6.51. The smallest absolute Gasteiger partial charge is 0.252 e. The Kier molecular flexibility index (Phi) is 4.99. The minimum absolute atomic E-state index is 0.1000. The molecule has 2 heterocycles. The molecule has 2 rings (SSSR count). The largest absolute Gasteiger partial charge is 0.394 e. The minimum atomic E-state index is -0.304. The Balaban J connectivity index is 2.74. The first-order valence-corrected chi connectivity index (χ1v) is 8.38. The van der Waals surface area contributed by atoms with Gasteiger partial charge < -0.3 is 10.4 Å². The summed E-state index contributed by atoms with van der Waals surface area (Å²) in [4.78, 5) is 17.5. The molecule has 0 fully saturated rings. The van der Waals surface area contributed by atoms with Gasteiger partial charge in [-0.05, 0) is 46.6 Å². The van der Waals surface area contributed by atoms with Crippen LogP contribution in [-0.2, 0) is 5.54 Å². The highest BCUT2D eigenvalue weighted by Crippen LogP contribution is 2.28. The number of aliphatic hydroxyl groups excluding tert-OH is 1. The molecule has 6 heteroatoms. The van der Waals surface area contributed by atoms with Crippen molar-refractivity contribution in [3.05, 3.63) is 23.0 Å². The number of nitrogens with zero attached hydrogens (tertiary/aromatic N) is 3. The second-order valence-corrected chi connectivity index (χ2v) is 7.67. The summed E-state index contributed by atoms with van der Waals surface area (Å²) in [7, 11) is 0. The van der Waals surface area contributed by atoms with E-state index >= 15 is 0 Å². The number of fused-ring (bicyclic) bond motifs is 1. The van der Waals surface area contributed by atoms with E-state index in [1.807, 2.05) is 17.7 Å². The lowest BCUT2D eigenvalue weighted by atomic mass is 10.0. The Morgan fingerprint density at radius 1 is 1.33 bits per heavy atom. The number of hydrogen-bond donors (Lipinski definition) is 2. The number of aryl methyl sites for hydroxylation is 1. The lowest BCUT2D eigenvalue weighted by Gasteiger charge is -2.20. The van der Waals surface area contributed by atoms with Crippen LogP contribution in [0.4, 0.5) is 0 Å². The second-order valence-electron chi connectivity index (χ2n) is 7.67. The first-order chi connectivity index (χ1) is 11.1. The summed E-state index contributed by atoms with van der Waals surface area (Å²) in [5, 5.41) is 17.4. The average molecular weight is 332 g/mol. The molecule has 0 saturated heterocycles. The van der Waals surface area contributed by atoms with Crippen molar-refractivity contribution in [2.24, 2.45) is 0 Å². The van der Waals surface area contributed by atoms with Crippen molar-refractivity contribution in [2.45, 2.75) is 66.0 Å². The summed E-state index contributed by atoms with van der Waals surface area (Å²) in [6, 6.07) is 1.54. The molecule has 0 bridgehead atoms. The third-order valence-electron chi connectivity index (χ3n) is 3.96. The molecule has 0 aliphatic heterocycles. The van der Waals surface area contributed by atoms with Crippen molar-refractivity contribution in [1.29, 1.82) is 0 Å². The SMILES string of the molecule is Cc1nn(C(C)(C)C)c2nc(C(C)C)cc(C(=O)NC(C)CO)c12. The molecule has 2 N–H and O–H groups in total. The van der Waals surface area contributed by atoms with Crippen molar-refractivity contribution in [2.75, 3.05) is 6.61 Å². The molecular weight excluding hydrogens is 304 g/mol. The topological polar surface area (TPSA) is 80.0 Å². The van der Waals surface area contributed by atoms with Crippen LogP contribution in [0.3, 0.4) is 0 Å². The van der Waals surface area contributed by atoms with Crippen molar-refractivity contribution in [1.82, 2.24) is 20.1 Å². The van der Waals surface area contributed by atoms with Crippen LogP contribution in [0, 0.1) is 6.92 Å². The van der Waals surface area contributed by atoms with E-state index in [-0.39, 0.29) is 30.0 Å². The number of aromatic nitrogens is 3. The third-order valence-corrected chi connectivity index (χ3v) is 3.96. The highest BCUT2D eigenvalue weighted by molar-refractivity contribution is 6.06. The van der Waals surface area contributed by atoms with Crippen molar-refractivity contribution in [3.8, 4) is 0 Å². The van der Waals surface area contributed by atoms with Crippen LogP contribution < -0.4 is 5.32 Å². The highest BCUT2D eigenvalue weighted by Gasteiger charge is 2.25. The van der Waals surface area contributed by atoms with Crippen LogP contribution in [0.15, 0.2) is 6.07 Å². The van der Waals surface area contributed by atoms with Crippen molar-refractivity contribution >= 4 is 16.9 Å². The van der Waals surface area contributed by atoms with E-state index in [2.05, 4.69) is 45.0 Å². The van der Waals surface area contributed by atoms with Gasteiger partial charge in [-0.15, -0.1) is 0 Å². The quantitative estimate of drug-likeness (QED) is 0.902. The summed E-state index contributed by atoms with van der Waals surface area (Å²) >= 11 is 0. The van der Waals surface area contributed by atoms with Gasteiger partial charge in [0.05, 0.1) is 28.8 Å². The number of nitrogens with one attached hydrogen (secondary N) is 1. The Labute approximate surface area is 143 Å². The van der Waals surface area contributed by atoms with Crippen LogP contribution >= 0.6 is 0 Å². The Morgan fingerprint density at radius 2 is 1.96 bits per heavy atom. The van der Waals surface area contributed by atoms with Gasteiger partial charge in [-0.25, -0.2) is 9.67 Å². The lowest BCUT2D eigenvalue weighted by Crippen LogP contribution is -2.35. The molecule has 0 spiro atoms. The number of carbonyl (C=O) groups excluding carboxylic acids is 1. The Morgan fingerprint density at radius 3 is 2.46 bits per heavy atom. The molecule has 0 saturated carbocycles. The molecule has 24 heavy (non-hydrogen) atoms. The van der Waals surface area contributed by atoms with Crippen LogP contribution in [-0.4, -0.2) is 38.4 Å². The van der Waals surface area contributed by atoms with E-state index in [4.69, 9.17) is 4.98 Å². The maximum Gasteiger partial charge on any atom is 0.252 e. The van der Waals surface area contributed by atoms with Gasteiger partial charge in [-0.2, -0.15) is 5.10 Å². The fourth-order valence-electron chi connectivity index (χ4n) is 2.60. The average Bonchev–Trinajstić information content (AvgIpc) is 2.83. The molecule has 0 aliphatic rings. The molecule has 2 aromatic rings. The summed E-state index contributed by atoms with van der Waals surface area (Å²) in [6.45, 7) is 13.9. The van der Waals surface area contributed by atoms with E-state index < -0.39 is 0 Å². The zero-order valence-corrected chi connectivity index (χ0v) is 15.6. The van der Waals surface area contributed by atoms with Crippen LogP contribution in [0.5, 0.6) is 0 Å². The number of hydrogen-bond acceptors (Lipinski definition) is 4. The van der Waals surface area contributed by atoms with E-state index in [1.54, 1.807) is 6.92 Å². The molecule has 6 nitrogen and oxygen atoms in total. The standard InChI is InChI=1S/C18H28N4O2/c1-10(2)14-8-13(17(24)19-11(3)9-23)15-12(4)21-22(16(15)20-14)18(5,6)7/h8,10-11,23H,9H2,1-7H3,(H,19,24). The molecule has 0 aliphatic carbocycles. The van der Waals surface area contributed by atoms with E-state index in [0.717, 1.165) is 22.4 Å². The van der Waals surface area contributed by atoms with Gasteiger partial charge in [0.2, 0.25) is 0 Å². The molecule has 2 aromatic heterocycles. The van der Waals surface area contributed by atoms with Crippen molar-refractivity contribution in [3.63, 3.8) is 0 Å². The molecular formula is C18H28N4O2. The molecule has 1 atom stereocenters. The van der Waals surface area contributed by atoms with Gasteiger partial charge in [-0.1, -0.05) is 13.8 Å².